The van der Waals surface area contributed by atoms with E-state index < -0.39 is 11.7 Å². The zero-order valence-electron chi connectivity index (χ0n) is 11.5. The van der Waals surface area contributed by atoms with Gasteiger partial charge in [0.2, 0.25) is 0 Å². The highest BCUT2D eigenvalue weighted by molar-refractivity contribution is 6.30. The van der Waals surface area contributed by atoms with E-state index in [4.69, 9.17) is 11.6 Å². The Morgan fingerprint density at radius 1 is 1.19 bits per heavy atom. The molecule has 2 rings (SSSR count). The summed E-state index contributed by atoms with van der Waals surface area (Å²) in [5.41, 5.74) is 1.36. The first kappa shape index (κ1) is 15.8. The van der Waals surface area contributed by atoms with E-state index in [1.165, 1.54) is 12.3 Å². The summed E-state index contributed by atoms with van der Waals surface area (Å²) in [5.74, 6) is 0. The van der Waals surface area contributed by atoms with Crippen molar-refractivity contribution in [1.82, 2.24) is 10.3 Å². The molecule has 0 amide bonds. The Morgan fingerprint density at radius 3 is 2.38 bits per heavy atom. The number of benzene rings is 1. The average molecular weight is 315 g/mol. The van der Waals surface area contributed by atoms with Gasteiger partial charge in [-0.3, -0.25) is 4.98 Å². The van der Waals surface area contributed by atoms with Crippen molar-refractivity contribution >= 4 is 11.6 Å². The van der Waals surface area contributed by atoms with Crippen molar-refractivity contribution in [1.29, 1.82) is 0 Å². The van der Waals surface area contributed by atoms with Gasteiger partial charge in [0.15, 0.2) is 0 Å². The van der Waals surface area contributed by atoms with E-state index in [1.54, 1.807) is 26.1 Å². The van der Waals surface area contributed by atoms with Gasteiger partial charge in [0.25, 0.3) is 0 Å². The molecule has 6 heteroatoms. The van der Waals surface area contributed by atoms with Gasteiger partial charge in [-0.2, -0.15) is 13.2 Å². The fraction of sp³-hybridized carbons (Fsp3) is 0.267. The van der Waals surface area contributed by atoms with E-state index in [-0.39, 0.29) is 6.04 Å². The van der Waals surface area contributed by atoms with Crippen LogP contribution in [0.3, 0.4) is 0 Å². The minimum absolute atomic E-state index is 0.287. The summed E-state index contributed by atoms with van der Waals surface area (Å²) in [5, 5.41) is 3.58. The standard InChI is InChI=1S/C15H14ClF3N2/c1-9-7-10(15(17,18)19)3-5-12(9)14(20-2)13-6-4-11(16)8-21-13/h3-8,14,20H,1-2H3. The van der Waals surface area contributed by atoms with Crippen molar-refractivity contribution in [2.75, 3.05) is 7.05 Å². The average Bonchev–Trinajstić information content (AvgIpc) is 2.42. The van der Waals surface area contributed by atoms with Crippen molar-refractivity contribution in [3.63, 3.8) is 0 Å². The van der Waals surface area contributed by atoms with E-state index in [0.29, 0.717) is 16.3 Å². The number of hydrogen-bond donors (Lipinski definition) is 1. The van der Waals surface area contributed by atoms with Gasteiger partial charge in [0, 0.05) is 6.20 Å². The summed E-state index contributed by atoms with van der Waals surface area (Å²) >= 11 is 5.80. The van der Waals surface area contributed by atoms with Crippen LogP contribution in [0.15, 0.2) is 36.5 Å². The molecule has 0 fully saturated rings. The first-order chi connectivity index (χ1) is 9.82. The molecule has 0 saturated carbocycles. The van der Waals surface area contributed by atoms with Crippen molar-refractivity contribution < 1.29 is 13.2 Å². The molecule has 1 atom stereocenters. The molecule has 0 bridgehead atoms. The fourth-order valence-corrected chi connectivity index (χ4v) is 2.31. The zero-order chi connectivity index (χ0) is 15.6. The van der Waals surface area contributed by atoms with Crippen LogP contribution in [-0.4, -0.2) is 12.0 Å². The molecule has 1 unspecified atom stereocenters. The van der Waals surface area contributed by atoms with Crippen LogP contribution in [0.25, 0.3) is 0 Å². The molecular weight excluding hydrogens is 301 g/mol. The molecule has 0 aliphatic rings. The predicted molar refractivity (Wildman–Crippen MR) is 76.3 cm³/mol. The highest BCUT2D eigenvalue weighted by Crippen LogP contribution is 2.32. The Kier molecular flexibility index (Phi) is 4.54. The van der Waals surface area contributed by atoms with Crippen molar-refractivity contribution in [3.05, 3.63) is 63.9 Å². The molecule has 1 N–H and O–H groups in total. The molecule has 0 spiro atoms. The molecule has 2 aromatic rings. The van der Waals surface area contributed by atoms with Crippen molar-refractivity contribution in [2.24, 2.45) is 0 Å². The zero-order valence-corrected chi connectivity index (χ0v) is 12.3. The predicted octanol–water partition coefficient (Wildman–Crippen LogP) is 4.37. The largest absolute Gasteiger partial charge is 0.416 e. The Morgan fingerprint density at radius 2 is 1.90 bits per heavy atom. The van der Waals surface area contributed by atoms with Crippen LogP contribution in [-0.2, 0) is 6.18 Å². The lowest BCUT2D eigenvalue weighted by molar-refractivity contribution is -0.137. The number of aromatic nitrogens is 1. The number of hydrogen-bond acceptors (Lipinski definition) is 2. The summed E-state index contributed by atoms with van der Waals surface area (Å²) in [7, 11) is 1.73. The van der Waals surface area contributed by atoms with Crippen LogP contribution in [0.4, 0.5) is 13.2 Å². The highest BCUT2D eigenvalue weighted by Gasteiger charge is 2.31. The van der Waals surface area contributed by atoms with Crippen LogP contribution in [0.5, 0.6) is 0 Å². The third kappa shape index (κ3) is 3.54. The molecule has 1 aromatic carbocycles. The minimum Gasteiger partial charge on any atom is -0.308 e. The highest BCUT2D eigenvalue weighted by atomic mass is 35.5. The molecular formula is C15H14ClF3N2. The topological polar surface area (TPSA) is 24.9 Å². The Hall–Kier alpha value is -1.59. The number of aryl methyl sites for hydroxylation is 1. The van der Waals surface area contributed by atoms with Gasteiger partial charge in [-0.15, -0.1) is 0 Å². The van der Waals surface area contributed by atoms with Gasteiger partial charge < -0.3 is 5.32 Å². The molecule has 1 aromatic heterocycles. The van der Waals surface area contributed by atoms with E-state index in [0.717, 1.165) is 17.7 Å². The number of halogens is 4. The minimum atomic E-state index is -4.34. The van der Waals surface area contributed by atoms with Crippen LogP contribution in [0, 0.1) is 6.92 Å². The lowest BCUT2D eigenvalue weighted by Gasteiger charge is -2.19. The van der Waals surface area contributed by atoms with Gasteiger partial charge in [-0.05, 0) is 49.4 Å². The number of rotatable bonds is 3. The molecule has 1 heterocycles. The Balaban J connectivity index is 2.41. The van der Waals surface area contributed by atoms with Gasteiger partial charge in [-0.1, -0.05) is 17.7 Å². The molecule has 2 nitrogen and oxygen atoms in total. The molecule has 0 radical (unpaired) electrons. The quantitative estimate of drug-likeness (QED) is 0.910. The third-order valence-corrected chi connectivity index (χ3v) is 3.47. The van der Waals surface area contributed by atoms with Crippen molar-refractivity contribution in [2.45, 2.75) is 19.1 Å². The monoisotopic (exact) mass is 314 g/mol. The number of alkyl halides is 3. The second kappa shape index (κ2) is 6.03. The van der Waals surface area contributed by atoms with Crippen LogP contribution < -0.4 is 5.32 Å². The number of pyridine rings is 1. The van der Waals surface area contributed by atoms with E-state index >= 15 is 0 Å². The van der Waals surface area contributed by atoms with E-state index in [1.807, 2.05) is 0 Å². The van der Waals surface area contributed by atoms with Crippen LogP contribution in [0.2, 0.25) is 5.02 Å². The Labute approximate surface area is 126 Å². The molecule has 0 aliphatic heterocycles. The summed E-state index contributed by atoms with van der Waals surface area (Å²) in [4.78, 5) is 4.22. The maximum atomic E-state index is 12.7. The van der Waals surface area contributed by atoms with Crippen LogP contribution in [0.1, 0.15) is 28.4 Å². The lowest BCUT2D eigenvalue weighted by atomic mass is 9.96. The number of nitrogens with one attached hydrogen (secondary N) is 1. The first-order valence-electron chi connectivity index (χ1n) is 6.29. The number of nitrogens with zero attached hydrogens (tertiary/aromatic N) is 1. The summed E-state index contributed by atoms with van der Waals surface area (Å²) < 4.78 is 38.1. The summed E-state index contributed by atoms with van der Waals surface area (Å²) in [6.07, 6.45) is -2.82. The maximum absolute atomic E-state index is 12.7. The van der Waals surface area contributed by atoms with Gasteiger partial charge in [0.1, 0.15) is 0 Å². The molecule has 0 aliphatic carbocycles. The second-order valence-corrected chi connectivity index (χ2v) is 5.13. The Bertz CT molecular complexity index is 624. The maximum Gasteiger partial charge on any atom is 0.416 e. The summed E-state index contributed by atoms with van der Waals surface area (Å²) in [6, 6.07) is 6.88. The van der Waals surface area contributed by atoms with E-state index in [2.05, 4.69) is 10.3 Å². The SMILES string of the molecule is CNC(c1ccc(Cl)cn1)c1ccc(C(F)(F)F)cc1C. The van der Waals surface area contributed by atoms with Crippen LogP contribution >= 0.6 is 11.6 Å². The summed E-state index contributed by atoms with van der Waals surface area (Å²) in [6.45, 7) is 1.66. The molecule has 21 heavy (non-hydrogen) atoms. The first-order valence-corrected chi connectivity index (χ1v) is 6.67. The molecule has 0 saturated heterocycles. The van der Waals surface area contributed by atoms with Gasteiger partial charge in [0.05, 0.1) is 22.3 Å². The smallest absolute Gasteiger partial charge is 0.308 e. The van der Waals surface area contributed by atoms with Gasteiger partial charge >= 0.3 is 6.18 Å². The molecule has 112 valence electrons. The fourth-order valence-electron chi connectivity index (χ4n) is 2.20. The van der Waals surface area contributed by atoms with E-state index in [9.17, 15) is 13.2 Å². The lowest BCUT2D eigenvalue weighted by Crippen LogP contribution is -2.20. The second-order valence-electron chi connectivity index (χ2n) is 4.69. The van der Waals surface area contributed by atoms with Gasteiger partial charge in [-0.25, -0.2) is 0 Å². The normalized spacial score (nSPS) is 13.2. The van der Waals surface area contributed by atoms with Crippen molar-refractivity contribution in [3.8, 4) is 0 Å². The third-order valence-electron chi connectivity index (χ3n) is 3.24.